The number of ether oxygens (including phenoxy) is 1. The van der Waals surface area contributed by atoms with Crippen molar-refractivity contribution in [2.45, 2.75) is 28.5 Å². The van der Waals surface area contributed by atoms with Gasteiger partial charge in [0.1, 0.15) is 11.5 Å². The summed E-state index contributed by atoms with van der Waals surface area (Å²) in [6.07, 6.45) is 1.94. The van der Waals surface area contributed by atoms with Crippen molar-refractivity contribution >= 4 is 62.8 Å². The third-order valence-electron chi connectivity index (χ3n) is 7.41. The number of rotatable bonds is 3. The van der Waals surface area contributed by atoms with Gasteiger partial charge < -0.3 is 9.84 Å². The summed E-state index contributed by atoms with van der Waals surface area (Å²) < 4.78 is 5.48. The van der Waals surface area contributed by atoms with Crippen molar-refractivity contribution in [2.75, 3.05) is 12.6 Å². The van der Waals surface area contributed by atoms with Crippen LogP contribution in [0.4, 0.5) is 0 Å². The van der Waals surface area contributed by atoms with Gasteiger partial charge in [-0.2, -0.15) is 0 Å². The average molecular weight is 558 g/mol. The number of nitrogens with one attached hydrogen (secondary N) is 1. The van der Waals surface area contributed by atoms with E-state index in [0.29, 0.717) is 5.57 Å². The van der Waals surface area contributed by atoms with Crippen molar-refractivity contribution in [1.29, 1.82) is 0 Å². The Balaban J connectivity index is 1.81. The second-order valence-electron chi connectivity index (χ2n) is 8.73. The quantitative estimate of drug-likeness (QED) is 0.255. The van der Waals surface area contributed by atoms with E-state index in [2.05, 4.69) is 21.2 Å². The highest BCUT2D eigenvalue weighted by atomic mass is 79.9. The van der Waals surface area contributed by atoms with Gasteiger partial charge in [-0.1, -0.05) is 33.6 Å². The molecule has 6 atom stereocenters. The molecule has 174 valence electrons. The number of nitrogens with zero attached hydrogens (tertiary/aromatic N) is 1. The second-order valence-corrected chi connectivity index (χ2v) is 10.5. The second kappa shape index (κ2) is 7.45. The van der Waals surface area contributed by atoms with E-state index >= 15 is 0 Å². The minimum absolute atomic E-state index is 0.105. The Morgan fingerprint density at radius 3 is 2.58 bits per heavy atom. The van der Waals surface area contributed by atoms with E-state index in [1.165, 1.54) is 13.2 Å². The normalized spacial score (nSPS) is 37.3. The fraction of sp³-hybridized carbons (Fsp3) is 0.455. The number of halogens is 3. The van der Waals surface area contributed by atoms with E-state index in [4.69, 9.17) is 27.9 Å². The topological polar surface area (TPSA) is 113 Å². The van der Waals surface area contributed by atoms with Crippen molar-refractivity contribution in [3.8, 4) is 11.5 Å². The van der Waals surface area contributed by atoms with Crippen LogP contribution in [0, 0.1) is 17.8 Å². The standard InChI is InChI=1S/C22H19BrCl2N2O6/c1-33-13-4-2-3-12(28)15(13)16-9-5-6-10-14(18(30)26-17(10)29)11(9)7-21(24)19(31)27(8-23)20(32)22(16,21)25/h2-5,10-11,14,16,28H,6-8H2,1H3,(H,26,29,30). The molecule has 2 heterocycles. The van der Waals surface area contributed by atoms with E-state index in [1.807, 2.05) is 0 Å². The third-order valence-corrected chi connectivity index (χ3v) is 9.32. The Hall–Kier alpha value is -2.10. The number of alkyl halides is 3. The van der Waals surface area contributed by atoms with Gasteiger partial charge in [0.15, 0.2) is 9.75 Å². The highest BCUT2D eigenvalue weighted by Gasteiger charge is 2.76. The van der Waals surface area contributed by atoms with Gasteiger partial charge in [0.05, 0.1) is 24.4 Å². The number of fused-ring (bicyclic) bond motifs is 4. The lowest BCUT2D eigenvalue weighted by molar-refractivity contribution is -0.138. The molecule has 0 radical (unpaired) electrons. The summed E-state index contributed by atoms with van der Waals surface area (Å²) in [4.78, 5) is 49.2. The van der Waals surface area contributed by atoms with Crippen LogP contribution in [0.2, 0.25) is 0 Å². The number of hydrogen-bond donors (Lipinski definition) is 2. The van der Waals surface area contributed by atoms with Gasteiger partial charge in [-0.05, 0) is 30.9 Å². The summed E-state index contributed by atoms with van der Waals surface area (Å²) in [5, 5.41) is 13.2. The summed E-state index contributed by atoms with van der Waals surface area (Å²) in [6, 6.07) is 4.61. The number of allylic oxidation sites excluding steroid dienone is 2. The average Bonchev–Trinajstić information content (AvgIpc) is 3.15. The lowest BCUT2D eigenvalue weighted by atomic mass is 9.56. The number of amides is 4. The number of methoxy groups -OCH3 is 1. The van der Waals surface area contributed by atoms with Crippen LogP contribution in [0.3, 0.4) is 0 Å². The van der Waals surface area contributed by atoms with Crippen LogP contribution in [-0.2, 0) is 19.2 Å². The van der Waals surface area contributed by atoms with Gasteiger partial charge in [-0.3, -0.25) is 29.4 Å². The lowest BCUT2D eigenvalue weighted by Gasteiger charge is -2.50. The molecule has 0 bridgehead atoms. The molecule has 4 aliphatic rings. The molecule has 4 amide bonds. The molecule has 2 aliphatic carbocycles. The molecule has 0 aromatic heterocycles. The van der Waals surface area contributed by atoms with E-state index in [0.717, 1.165) is 4.90 Å². The number of hydrogen-bond acceptors (Lipinski definition) is 6. The molecule has 2 saturated heterocycles. The first kappa shape index (κ1) is 22.7. The Kier molecular flexibility index (Phi) is 5.12. The Labute approximate surface area is 207 Å². The Morgan fingerprint density at radius 2 is 1.91 bits per heavy atom. The monoisotopic (exact) mass is 556 g/mol. The minimum Gasteiger partial charge on any atom is -0.508 e. The smallest absolute Gasteiger partial charge is 0.254 e. The van der Waals surface area contributed by atoms with Crippen molar-refractivity contribution in [2.24, 2.45) is 17.8 Å². The third kappa shape index (κ3) is 2.70. The summed E-state index contributed by atoms with van der Waals surface area (Å²) in [7, 11) is 1.41. The zero-order valence-corrected chi connectivity index (χ0v) is 20.4. The number of likely N-dealkylation sites (tertiary alicyclic amines) is 1. The van der Waals surface area contributed by atoms with Crippen molar-refractivity contribution in [3.05, 3.63) is 35.4 Å². The van der Waals surface area contributed by atoms with Crippen LogP contribution in [0.1, 0.15) is 24.3 Å². The first-order valence-electron chi connectivity index (χ1n) is 10.3. The molecule has 0 spiro atoms. The number of phenols is 1. The van der Waals surface area contributed by atoms with Crippen molar-refractivity contribution in [3.63, 3.8) is 0 Å². The first-order valence-corrected chi connectivity index (χ1v) is 12.2. The summed E-state index contributed by atoms with van der Waals surface area (Å²) in [6.45, 7) is 0. The molecule has 3 fully saturated rings. The van der Waals surface area contributed by atoms with Gasteiger partial charge >= 0.3 is 0 Å². The Bertz CT molecular complexity index is 1160. The van der Waals surface area contributed by atoms with Gasteiger partial charge in [0.2, 0.25) is 11.8 Å². The molecule has 6 unspecified atom stereocenters. The lowest BCUT2D eigenvalue weighted by Crippen LogP contribution is -2.60. The summed E-state index contributed by atoms with van der Waals surface area (Å²) >= 11 is 17.3. The SMILES string of the molecule is COc1cccc(O)c1C1C2=CCC3C(=O)NC(=O)C3C2CC2(Cl)C(=O)N(CBr)C(=O)C12Cl. The molecule has 1 aromatic carbocycles. The Morgan fingerprint density at radius 1 is 1.18 bits per heavy atom. The van der Waals surface area contributed by atoms with Gasteiger partial charge in [-0.15, -0.1) is 23.2 Å². The predicted octanol–water partition coefficient (Wildman–Crippen LogP) is 2.40. The number of imide groups is 2. The molecule has 2 aliphatic heterocycles. The maximum Gasteiger partial charge on any atom is 0.254 e. The van der Waals surface area contributed by atoms with Gasteiger partial charge in [-0.25, -0.2) is 0 Å². The van der Waals surface area contributed by atoms with Crippen LogP contribution >= 0.6 is 39.1 Å². The summed E-state index contributed by atoms with van der Waals surface area (Å²) in [5.74, 6) is -5.21. The number of carbonyl (C=O) groups excluding carboxylic acids is 4. The van der Waals surface area contributed by atoms with E-state index in [1.54, 1.807) is 18.2 Å². The number of aromatic hydroxyl groups is 1. The molecule has 8 nitrogen and oxygen atoms in total. The van der Waals surface area contributed by atoms with E-state index in [9.17, 15) is 24.3 Å². The molecular weight excluding hydrogens is 539 g/mol. The van der Waals surface area contributed by atoms with Crippen LogP contribution in [-0.4, -0.2) is 55.9 Å². The highest BCUT2D eigenvalue weighted by molar-refractivity contribution is 9.09. The number of benzene rings is 1. The van der Waals surface area contributed by atoms with Gasteiger partial charge in [0, 0.05) is 11.5 Å². The predicted molar refractivity (Wildman–Crippen MR) is 121 cm³/mol. The number of carbonyl (C=O) groups is 4. The molecular formula is C22H19BrCl2N2O6. The molecule has 33 heavy (non-hydrogen) atoms. The number of phenolic OH excluding ortho intramolecular Hbond substituents is 1. The van der Waals surface area contributed by atoms with E-state index in [-0.39, 0.29) is 41.3 Å². The zero-order chi connectivity index (χ0) is 23.9. The van der Waals surface area contributed by atoms with Crippen LogP contribution in [0.25, 0.3) is 0 Å². The first-order chi connectivity index (χ1) is 15.6. The zero-order valence-electron chi connectivity index (χ0n) is 17.3. The fourth-order valence-corrected chi connectivity index (χ4v) is 7.39. The van der Waals surface area contributed by atoms with Crippen molar-refractivity contribution in [1.82, 2.24) is 10.2 Å². The van der Waals surface area contributed by atoms with Gasteiger partial charge in [0.25, 0.3) is 11.8 Å². The molecule has 1 aromatic rings. The molecule has 1 saturated carbocycles. The van der Waals surface area contributed by atoms with Crippen LogP contribution < -0.4 is 10.1 Å². The largest absolute Gasteiger partial charge is 0.508 e. The maximum absolute atomic E-state index is 13.6. The highest BCUT2D eigenvalue weighted by Crippen LogP contribution is 2.66. The molecule has 2 N–H and O–H groups in total. The maximum atomic E-state index is 13.6. The minimum atomic E-state index is -1.99. The molecule has 11 heteroatoms. The molecule has 5 rings (SSSR count). The fourth-order valence-electron chi connectivity index (χ4n) is 5.98. The van der Waals surface area contributed by atoms with Crippen molar-refractivity contribution < 1.29 is 29.0 Å². The van der Waals surface area contributed by atoms with Crippen LogP contribution in [0.5, 0.6) is 11.5 Å². The summed E-state index contributed by atoms with van der Waals surface area (Å²) in [5.41, 5.74) is 0.675. The van der Waals surface area contributed by atoms with E-state index < -0.39 is 51.1 Å². The van der Waals surface area contributed by atoms with Crippen LogP contribution in [0.15, 0.2) is 29.8 Å².